The standard InChI is InChI=1S/C11H22N2O3/c1-7(2)9(5)12-11(16)13(8(3)4)6-10(14)15/h7-9H,6H2,1-5H3,(H,12,16)(H,14,15). The van der Waals surface area contributed by atoms with Gasteiger partial charge in [0.1, 0.15) is 6.54 Å². The number of nitrogens with one attached hydrogen (secondary N) is 1. The Labute approximate surface area is 96.8 Å². The summed E-state index contributed by atoms with van der Waals surface area (Å²) in [7, 11) is 0. The lowest BCUT2D eigenvalue weighted by molar-refractivity contribution is -0.138. The molecule has 1 atom stereocenters. The average Bonchev–Trinajstić information content (AvgIpc) is 2.12. The van der Waals surface area contributed by atoms with Gasteiger partial charge in [-0.05, 0) is 26.7 Å². The Morgan fingerprint density at radius 1 is 1.19 bits per heavy atom. The monoisotopic (exact) mass is 230 g/mol. The molecule has 5 heteroatoms. The lowest BCUT2D eigenvalue weighted by Crippen LogP contribution is -2.50. The summed E-state index contributed by atoms with van der Waals surface area (Å²) in [6, 6.07) is -0.420. The molecule has 0 aliphatic carbocycles. The van der Waals surface area contributed by atoms with Gasteiger partial charge < -0.3 is 15.3 Å². The van der Waals surface area contributed by atoms with Crippen LogP contribution in [0.15, 0.2) is 0 Å². The third kappa shape index (κ3) is 5.00. The first-order chi connectivity index (χ1) is 7.25. The van der Waals surface area contributed by atoms with Crippen LogP contribution >= 0.6 is 0 Å². The minimum absolute atomic E-state index is 0.0301. The SMILES string of the molecule is CC(C)C(C)NC(=O)N(CC(=O)O)C(C)C. The Bertz CT molecular complexity index is 252. The maximum Gasteiger partial charge on any atom is 0.323 e. The van der Waals surface area contributed by atoms with Crippen LogP contribution in [0.4, 0.5) is 4.79 Å². The molecule has 0 saturated carbocycles. The van der Waals surface area contributed by atoms with Crippen molar-refractivity contribution >= 4 is 12.0 Å². The van der Waals surface area contributed by atoms with Gasteiger partial charge in [-0.2, -0.15) is 0 Å². The number of carboxylic acids is 1. The predicted octanol–water partition coefficient (Wildman–Crippen LogP) is 1.54. The van der Waals surface area contributed by atoms with E-state index < -0.39 is 5.97 Å². The number of urea groups is 1. The number of nitrogens with zero attached hydrogens (tertiary/aromatic N) is 1. The Balaban J connectivity index is 4.45. The molecule has 94 valence electrons. The Hall–Kier alpha value is -1.26. The van der Waals surface area contributed by atoms with E-state index in [0.29, 0.717) is 5.92 Å². The van der Waals surface area contributed by atoms with Crippen LogP contribution in [0.1, 0.15) is 34.6 Å². The molecule has 0 aromatic rings. The number of rotatable bonds is 5. The molecule has 5 nitrogen and oxygen atoms in total. The molecule has 0 aliphatic rings. The van der Waals surface area contributed by atoms with Crippen molar-refractivity contribution in [3.8, 4) is 0 Å². The van der Waals surface area contributed by atoms with Crippen molar-refractivity contribution < 1.29 is 14.7 Å². The topological polar surface area (TPSA) is 69.6 Å². The summed E-state index contributed by atoms with van der Waals surface area (Å²) in [6.07, 6.45) is 0. The molecule has 0 rings (SSSR count). The van der Waals surface area contributed by atoms with Crippen LogP contribution in [0, 0.1) is 5.92 Å². The summed E-state index contributed by atoms with van der Waals surface area (Å²) in [5, 5.41) is 11.5. The van der Waals surface area contributed by atoms with E-state index in [1.807, 2.05) is 20.8 Å². The maximum atomic E-state index is 11.8. The summed E-state index contributed by atoms with van der Waals surface area (Å²) < 4.78 is 0. The van der Waals surface area contributed by atoms with Gasteiger partial charge in [0.15, 0.2) is 0 Å². The van der Waals surface area contributed by atoms with Crippen LogP contribution in [0.3, 0.4) is 0 Å². The molecular weight excluding hydrogens is 208 g/mol. The van der Waals surface area contributed by atoms with Crippen LogP contribution in [-0.2, 0) is 4.79 Å². The van der Waals surface area contributed by atoms with Crippen LogP contribution in [0.25, 0.3) is 0 Å². The maximum absolute atomic E-state index is 11.8. The molecule has 0 saturated heterocycles. The number of aliphatic carboxylic acids is 1. The van der Waals surface area contributed by atoms with Crippen molar-refractivity contribution in [3.63, 3.8) is 0 Å². The van der Waals surface area contributed by atoms with E-state index in [-0.39, 0.29) is 24.7 Å². The molecule has 0 radical (unpaired) electrons. The summed E-state index contributed by atoms with van der Waals surface area (Å²) in [4.78, 5) is 23.7. The van der Waals surface area contributed by atoms with Crippen molar-refractivity contribution in [1.82, 2.24) is 10.2 Å². The van der Waals surface area contributed by atoms with E-state index in [9.17, 15) is 9.59 Å². The van der Waals surface area contributed by atoms with Gasteiger partial charge >= 0.3 is 12.0 Å². The van der Waals surface area contributed by atoms with Gasteiger partial charge in [0.2, 0.25) is 0 Å². The summed E-state index contributed by atoms with van der Waals surface area (Å²) >= 11 is 0. The molecule has 0 bridgehead atoms. The molecule has 0 aromatic heterocycles. The average molecular weight is 230 g/mol. The number of hydrogen-bond donors (Lipinski definition) is 2. The largest absolute Gasteiger partial charge is 0.480 e. The summed E-state index contributed by atoms with van der Waals surface area (Å²) in [6.45, 7) is 9.23. The fraction of sp³-hybridized carbons (Fsp3) is 0.818. The van der Waals surface area contributed by atoms with Crippen molar-refractivity contribution in [2.45, 2.75) is 46.7 Å². The van der Waals surface area contributed by atoms with Crippen molar-refractivity contribution in [3.05, 3.63) is 0 Å². The second kappa shape index (κ2) is 6.35. The second-order valence-electron chi connectivity index (χ2n) is 4.60. The smallest absolute Gasteiger partial charge is 0.323 e. The summed E-state index contributed by atoms with van der Waals surface area (Å²) in [5.74, 6) is -0.677. The minimum Gasteiger partial charge on any atom is -0.480 e. The van der Waals surface area contributed by atoms with E-state index in [2.05, 4.69) is 5.32 Å². The van der Waals surface area contributed by atoms with Gasteiger partial charge in [-0.15, -0.1) is 0 Å². The van der Waals surface area contributed by atoms with Gasteiger partial charge in [0.25, 0.3) is 0 Å². The lowest BCUT2D eigenvalue weighted by Gasteiger charge is -2.28. The van der Waals surface area contributed by atoms with Crippen LogP contribution in [0.5, 0.6) is 0 Å². The highest BCUT2D eigenvalue weighted by Gasteiger charge is 2.21. The first-order valence-electron chi connectivity index (χ1n) is 5.54. The number of carboxylic acid groups (broad SMARTS) is 1. The van der Waals surface area contributed by atoms with Crippen molar-refractivity contribution in [2.75, 3.05) is 6.54 Å². The molecule has 0 aromatic carbocycles. The van der Waals surface area contributed by atoms with Crippen molar-refractivity contribution in [1.29, 1.82) is 0 Å². The zero-order valence-electron chi connectivity index (χ0n) is 10.7. The van der Waals surface area contributed by atoms with Crippen molar-refractivity contribution in [2.24, 2.45) is 5.92 Å². The lowest BCUT2D eigenvalue weighted by atomic mass is 10.1. The fourth-order valence-electron chi connectivity index (χ4n) is 1.08. The van der Waals surface area contributed by atoms with Gasteiger partial charge in [0, 0.05) is 12.1 Å². The van der Waals surface area contributed by atoms with Gasteiger partial charge in [0.05, 0.1) is 0 Å². The van der Waals surface area contributed by atoms with E-state index in [1.165, 1.54) is 4.90 Å². The summed E-state index contributed by atoms with van der Waals surface area (Å²) in [5.41, 5.74) is 0. The molecule has 2 amide bonds. The first kappa shape index (κ1) is 14.7. The Morgan fingerprint density at radius 2 is 1.69 bits per heavy atom. The third-order valence-corrected chi connectivity index (χ3v) is 2.54. The second-order valence-corrected chi connectivity index (χ2v) is 4.60. The molecule has 0 aliphatic heterocycles. The van der Waals surface area contributed by atoms with Crippen LogP contribution in [0.2, 0.25) is 0 Å². The number of amides is 2. The number of carbonyl (C=O) groups is 2. The van der Waals surface area contributed by atoms with Crippen LogP contribution < -0.4 is 5.32 Å². The molecule has 1 unspecified atom stereocenters. The Morgan fingerprint density at radius 3 is 2.00 bits per heavy atom. The van der Waals surface area contributed by atoms with Gasteiger partial charge in [-0.3, -0.25) is 4.79 Å². The molecule has 16 heavy (non-hydrogen) atoms. The zero-order valence-corrected chi connectivity index (χ0v) is 10.7. The number of carbonyl (C=O) groups excluding carboxylic acids is 1. The molecule has 0 heterocycles. The van der Waals surface area contributed by atoms with E-state index in [1.54, 1.807) is 13.8 Å². The Kier molecular flexibility index (Phi) is 5.85. The normalized spacial score (nSPS) is 12.7. The van der Waals surface area contributed by atoms with Crippen LogP contribution in [-0.4, -0.2) is 40.6 Å². The first-order valence-corrected chi connectivity index (χ1v) is 5.54. The highest BCUT2D eigenvalue weighted by Crippen LogP contribution is 2.03. The van der Waals surface area contributed by atoms with E-state index in [0.717, 1.165) is 0 Å². The minimum atomic E-state index is -0.999. The molecular formula is C11H22N2O3. The van der Waals surface area contributed by atoms with E-state index in [4.69, 9.17) is 5.11 Å². The molecule has 0 spiro atoms. The number of hydrogen-bond acceptors (Lipinski definition) is 2. The van der Waals surface area contributed by atoms with E-state index >= 15 is 0 Å². The molecule has 2 N–H and O–H groups in total. The quantitative estimate of drug-likeness (QED) is 0.752. The highest BCUT2D eigenvalue weighted by molar-refractivity contribution is 5.80. The van der Waals surface area contributed by atoms with Gasteiger partial charge in [-0.1, -0.05) is 13.8 Å². The predicted molar refractivity (Wildman–Crippen MR) is 62.3 cm³/mol. The fourth-order valence-corrected chi connectivity index (χ4v) is 1.08. The van der Waals surface area contributed by atoms with Gasteiger partial charge in [-0.25, -0.2) is 4.79 Å². The zero-order chi connectivity index (χ0) is 12.9. The highest BCUT2D eigenvalue weighted by atomic mass is 16.4. The third-order valence-electron chi connectivity index (χ3n) is 2.54. The molecule has 0 fully saturated rings.